The van der Waals surface area contributed by atoms with E-state index in [1.807, 2.05) is 60.9 Å². The number of nitrogens with one attached hydrogen (secondary N) is 1. The van der Waals surface area contributed by atoms with Crippen LogP contribution >= 0.6 is 11.8 Å². The number of amides is 1. The average molecular weight is 450 g/mol. The molecule has 1 heterocycles. The van der Waals surface area contributed by atoms with Gasteiger partial charge in [0.1, 0.15) is 6.04 Å². The Morgan fingerprint density at radius 2 is 2.03 bits per heavy atom. The summed E-state index contributed by atoms with van der Waals surface area (Å²) < 4.78 is 0. The van der Waals surface area contributed by atoms with Gasteiger partial charge in [0.25, 0.3) is 5.91 Å². The molecule has 0 spiro atoms. The number of hydrogen-bond donors (Lipinski definition) is 3. The molecule has 1 amide bonds. The van der Waals surface area contributed by atoms with Crippen molar-refractivity contribution in [2.24, 2.45) is 5.73 Å². The lowest BCUT2D eigenvalue weighted by Gasteiger charge is -2.20. The summed E-state index contributed by atoms with van der Waals surface area (Å²) in [5.41, 5.74) is 10.8. The molecule has 7 heteroatoms. The van der Waals surface area contributed by atoms with Crippen LogP contribution in [-0.2, 0) is 16.1 Å². The quantitative estimate of drug-likeness (QED) is 0.540. The number of aliphatic carboxylic acids is 1. The number of thioether (sulfide) groups is 1. The van der Waals surface area contributed by atoms with Gasteiger partial charge in [-0.1, -0.05) is 36.4 Å². The smallest absolute Gasteiger partial charge is 0.326 e. The maximum Gasteiger partial charge on any atom is 0.326 e. The van der Waals surface area contributed by atoms with Gasteiger partial charge < -0.3 is 16.2 Å². The topological polar surface area (TPSA) is 105 Å². The molecule has 1 aromatic carbocycles. The number of carboxylic acid groups (broad SMARTS) is 1. The molecule has 2 aromatic rings. The molecule has 1 atom stereocenters. The highest BCUT2D eigenvalue weighted by atomic mass is 32.2. The molecule has 0 bridgehead atoms. The lowest BCUT2D eigenvalue weighted by molar-refractivity contribution is -0.141. The molecule has 1 aliphatic rings. The van der Waals surface area contributed by atoms with E-state index >= 15 is 0 Å². The van der Waals surface area contributed by atoms with Crippen molar-refractivity contribution in [2.45, 2.75) is 25.4 Å². The van der Waals surface area contributed by atoms with Crippen molar-refractivity contribution in [1.29, 1.82) is 0 Å². The van der Waals surface area contributed by atoms with Crippen LogP contribution in [0.1, 0.15) is 29.7 Å². The van der Waals surface area contributed by atoms with E-state index in [1.165, 1.54) is 0 Å². The first-order valence-corrected chi connectivity index (χ1v) is 11.8. The molecule has 1 aromatic heterocycles. The number of hydrogen-bond acceptors (Lipinski definition) is 5. The molecule has 1 aliphatic carbocycles. The van der Waals surface area contributed by atoms with Crippen LogP contribution in [0.3, 0.4) is 0 Å². The lowest BCUT2D eigenvalue weighted by Crippen LogP contribution is -2.42. The lowest BCUT2D eigenvalue weighted by atomic mass is 9.88. The molecule has 0 aliphatic heterocycles. The molecule has 6 nitrogen and oxygen atoms in total. The van der Waals surface area contributed by atoms with E-state index in [0.717, 1.165) is 28.0 Å². The van der Waals surface area contributed by atoms with Crippen molar-refractivity contribution < 1.29 is 14.7 Å². The van der Waals surface area contributed by atoms with Crippen LogP contribution in [0.15, 0.2) is 72.0 Å². The SMILES string of the molecule is CSCC[C@H](NC(=O)C1=C(c2ccccc2)CC(=Cc2cc(CN)ccn2)C=C1)C(=O)O. The molecule has 4 N–H and O–H groups in total. The van der Waals surface area contributed by atoms with Gasteiger partial charge in [0, 0.05) is 18.3 Å². The Morgan fingerprint density at radius 1 is 1.25 bits per heavy atom. The average Bonchev–Trinajstić information content (AvgIpc) is 2.82. The molecule has 166 valence electrons. The predicted molar refractivity (Wildman–Crippen MR) is 130 cm³/mol. The van der Waals surface area contributed by atoms with Crippen LogP contribution in [0.2, 0.25) is 0 Å². The summed E-state index contributed by atoms with van der Waals surface area (Å²) >= 11 is 1.55. The maximum absolute atomic E-state index is 13.1. The Bertz CT molecular complexity index is 1060. The van der Waals surface area contributed by atoms with Crippen LogP contribution in [0.5, 0.6) is 0 Å². The van der Waals surface area contributed by atoms with Crippen molar-refractivity contribution in [3.05, 3.63) is 88.8 Å². The molecular formula is C25H27N3O3S. The largest absolute Gasteiger partial charge is 0.480 e. The number of carboxylic acids is 1. The van der Waals surface area contributed by atoms with Crippen molar-refractivity contribution in [3.63, 3.8) is 0 Å². The number of benzene rings is 1. The highest BCUT2D eigenvalue weighted by Gasteiger charge is 2.24. The van der Waals surface area contributed by atoms with Gasteiger partial charge in [-0.05, 0) is 71.4 Å². The fourth-order valence-electron chi connectivity index (χ4n) is 3.48. The van der Waals surface area contributed by atoms with E-state index in [4.69, 9.17) is 5.73 Å². The van der Waals surface area contributed by atoms with Gasteiger partial charge in [0.2, 0.25) is 0 Å². The molecular weight excluding hydrogens is 422 g/mol. The third-order valence-electron chi connectivity index (χ3n) is 5.17. The first-order chi connectivity index (χ1) is 15.5. The van der Waals surface area contributed by atoms with Gasteiger partial charge in [-0.2, -0.15) is 11.8 Å². The molecule has 0 radical (unpaired) electrons. The predicted octanol–water partition coefficient (Wildman–Crippen LogP) is 3.66. The summed E-state index contributed by atoms with van der Waals surface area (Å²) in [4.78, 5) is 29.1. The fraction of sp³-hybridized carbons (Fsp3) is 0.240. The minimum atomic E-state index is -1.03. The standard InChI is InChI=1S/C25H27N3O3S/c1-32-12-10-23(25(30)31)28-24(29)21-8-7-17(13-20-14-18(16-26)9-11-27-20)15-22(21)19-5-3-2-4-6-19/h2-9,11,13-14,23H,10,12,15-16,26H2,1H3,(H,28,29)(H,30,31)/t23-/m0/s1. The Kier molecular flexibility index (Phi) is 8.41. The summed E-state index contributed by atoms with van der Waals surface area (Å²) in [6.45, 7) is 0.440. The number of nitrogens with two attached hydrogens (primary N) is 1. The van der Waals surface area contributed by atoms with E-state index in [9.17, 15) is 14.7 Å². The molecule has 3 rings (SSSR count). The van der Waals surface area contributed by atoms with Crippen LogP contribution < -0.4 is 11.1 Å². The third kappa shape index (κ3) is 6.18. The Balaban J connectivity index is 1.92. The van der Waals surface area contributed by atoms with E-state index in [1.54, 1.807) is 24.0 Å². The van der Waals surface area contributed by atoms with Gasteiger partial charge in [-0.25, -0.2) is 4.79 Å². The molecule has 0 saturated carbocycles. The van der Waals surface area contributed by atoms with E-state index in [-0.39, 0.29) is 5.91 Å². The Labute approximate surface area is 192 Å². The zero-order valence-corrected chi connectivity index (χ0v) is 18.8. The minimum Gasteiger partial charge on any atom is -0.480 e. The van der Waals surface area contributed by atoms with Crippen LogP contribution in [-0.4, -0.2) is 40.0 Å². The number of nitrogens with zero attached hydrogens (tertiary/aromatic N) is 1. The van der Waals surface area contributed by atoms with Gasteiger partial charge in [-0.15, -0.1) is 0 Å². The summed E-state index contributed by atoms with van der Waals surface area (Å²) in [6, 6.07) is 12.6. The normalized spacial score (nSPS) is 15.6. The minimum absolute atomic E-state index is 0.369. The Hall–Kier alpha value is -3.16. The first-order valence-electron chi connectivity index (χ1n) is 10.4. The van der Waals surface area contributed by atoms with E-state index in [2.05, 4.69) is 10.3 Å². The van der Waals surface area contributed by atoms with Gasteiger partial charge in [0.15, 0.2) is 0 Å². The Morgan fingerprint density at radius 3 is 2.72 bits per heavy atom. The van der Waals surface area contributed by atoms with Crippen LogP contribution in [0.25, 0.3) is 11.6 Å². The summed E-state index contributed by atoms with van der Waals surface area (Å²) in [5.74, 6) is -0.754. The van der Waals surface area contributed by atoms with Crippen molar-refractivity contribution in [1.82, 2.24) is 10.3 Å². The first kappa shape index (κ1) is 23.5. The zero-order chi connectivity index (χ0) is 22.9. The zero-order valence-electron chi connectivity index (χ0n) is 18.0. The molecule has 32 heavy (non-hydrogen) atoms. The molecule has 0 fully saturated rings. The number of allylic oxidation sites excluding steroid dienone is 3. The molecule has 0 saturated heterocycles. The summed E-state index contributed by atoms with van der Waals surface area (Å²) in [6.07, 6.45) is 10.2. The third-order valence-corrected chi connectivity index (χ3v) is 5.81. The summed E-state index contributed by atoms with van der Waals surface area (Å²) in [7, 11) is 0. The number of carbonyl (C=O) groups excluding carboxylic acids is 1. The highest BCUT2D eigenvalue weighted by molar-refractivity contribution is 7.98. The second-order valence-corrected chi connectivity index (χ2v) is 8.41. The second-order valence-electron chi connectivity index (χ2n) is 7.43. The van der Waals surface area contributed by atoms with Crippen molar-refractivity contribution in [3.8, 4) is 0 Å². The second kappa shape index (κ2) is 11.5. The maximum atomic E-state index is 13.1. The van der Waals surface area contributed by atoms with Gasteiger partial charge in [-0.3, -0.25) is 9.78 Å². The van der Waals surface area contributed by atoms with Gasteiger partial charge in [0.05, 0.1) is 5.69 Å². The fourth-order valence-corrected chi connectivity index (χ4v) is 3.95. The van der Waals surface area contributed by atoms with Crippen LogP contribution in [0.4, 0.5) is 0 Å². The highest BCUT2D eigenvalue weighted by Crippen LogP contribution is 2.32. The number of aromatic nitrogens is 1. The van der Waals surface area contributed by atoms with Crippen LogP contribution in [0, 0.1) is 0 Å². The van der Waals surface area contributed by atoms with Crippen molar-refractivity contribution in [2.75, 3.05) is 12.0 Å². The summed E-state index contributed by atoms with van der Waals surface area (Å²) in [5, 5.41) is 12.2. The number of pyridine rings is 1. The monoisotopic (exact) mass is 449 g/mol. The molecule has 0 unspecified atom stereocenters. The number of rotatable bonds is 9. The van der Waals surface area contributed by atoms with Crippen molar-refractivity contribution >= 4 is 35.3 Å². The van der Waals surface area contributed by atoms with E-state index in [0.29, 0.717) is 30.7 Å². The van der Waals surface area contributed by atoms with E-state index < -0.39 is 12.0 Å². The van der Waals surface area contributed by atoms with Gasteiger partial charge >= 0.3 is 5.97 Å². The number of carbonyl (C=O) groups is 2.